The molecule has 11 heteroatoms. The van der Waals surface area contributed by atoms with Gasteiger partial charge in [0, 0.05) is 48.4 Å². The van der Waals surface area contributed by atoms with Gasteiger partial charge in [-0.05, 0) is 19.9 Å². The Kier molecular flexibility index (Phi) is 7.01. The fourth-order valence-corrected chi connectivity index (χ4v) is 4.68. The van der Waals surface area contributed by atoms with E-state index in [4.69, 9.17) is 9.47 Å². The van der Waals surface area contributed by atoms with Crippen LogP contribution in [0.25, 0.3) is 0 Å². The summed E-state index contributed by atoms with van der Waals surface area (Å²) >= 11 is 0. The van der Waals surface area contributed by atoms with Crippen molar-refractivity contribution in [2.24, 2.45) is 5.92 Å². The molecule has 4 atom stereocenters. The number of halogens is 5. The van der Waals surface area contributed by atoms with Crippen LogP contribution in [0.2, 0.25) is 0 Å². The number of hydrogen-bond donors (Lipinski definition) is 2. The van der Waals surface area contributed by atoms with Crippen molar-refractivity contribution < 1.29 is 36.5 Å². The van der Waals surface area contributed by atoms with Crippen LogP contribution in [0.3, 0.4) is 0 Å². The normalized spacial score (nSPS) is 25.0. The predicted molar refractivity (Wildman–Crippen MR) is 115 cm³/mol. The highest BCUT2D eigenvalue weighted by atomic mass is 19.4. The fourth-order valence-electron chi connectivity index (χ4n) is 4.68. The minimum atomic E-state index is -4.79. The third-order valence-electron chi connectivity index (χ3n) is 6.64. The number of pyridine rings is 1. The molecule has 1 aromatic heterocycles. The average molecular weight is 490 g/mol. The Morgan fingerprint density at radius 3 is 2.47 bits per heavy atom. The van der Waals surface area contributed by atoms with Crippen LogP contribution in [0.5, 0.6) is 5.75 Å². The molecular weight excluding hydrogens is 463 g/mol. The maximum Gasteiger partial charge on any atom is 0.417 e. The molecular formula is C23H27F5N2O4. The van der Waals surface area contributed by atoms with Crippen molar-refractivity contribution in [3.63, 3.8) is 0 Å². The Bertz CT molecular complexity index is 1120. The lowest BCUT2D eigenvalue weighted by molar-refractivity contribution is -0.275. The number of likely N-dealkylation sites (N-methyl/N-ethyl adjacent to an activating group) is 1. The highest BCUT2D eigenvalue weighted by molar-refractivity contribution is 5.51. The van der Waals surface area contributed by atoms with Gasteiger partial charge in [-0.2, -0.15) is 17.6 Å². The summed E-state index contributed by atoms with van der Waals surface area (Å²) in [5, 5.41) is 9.17. The second-order valence-corrected chi connectivity index (χ2v) is 8.65. The van der Waals surface area contributed by atoms with Crippen LogP contribution in [0, 0.1) is 24.5 Å². The highest BCUT2D eigenvalue weighted by Crippen LogP contribution is 2.59. The van der Waals surface area contributed by atoms with E-state index in [2.05, 4.69) is 4.98 Å². The van der Waals surface area contributed by atoms with Crippen LogP contribution < -0.4 is 15.1 Å². The smallest absolute Gasteiger partial charge is 0.417 e. The minimum absolute atomic E-state index is 0.00754. The largest absolute Gasteiger partial charge is 0.493 e. The highest BCUT2D eigenvalue weighted by Gasteiger charge is 2.65. The summed E-state index contributed by atoms with van der Waals surface area (Å²) in [5.41, 5.74) is -2.49. The molecule has 1 fully saturated rings. The summed E-state index contributed by atoms with van der Waals surface area (Å²) in [6.45, 7) is 3.74. The molecule has 6 nitrogen and oxygen atoms in total. The van der Waals surface area contributed by atoms with Gasteiger partial charge in [-0.15, -0.1) is 0 Å². The van der Waals surface area contributed by atoms with Gasteiger partial charge in [0.05, 0.1) is 13.7 Å². The number of aliphatic hydroxyl groups is 1. The third-order valence-corrected chi connectivity index (χ3v) is 6.64. The molecule has 0 radical (unpaired) electrons. The first kappa shape index (κ1) is 26.0. The fraction of sp³-hybridized carbons (Fsp3) is 0.522. The number of H-pyrrole nitrogens is 1. The van der Waals surface area contributed by atoms with Crippen LogP contribution in [0.1, 0.15) is 42.8 Å². The van der Waals surface area contributed by atoms with E-state index in [1.165, 1.54) is 17.9 Å². The Morgan fingerprint density at radius 2 is 1.94 bits per heavy atom. The Morgan fingerprint density at radius 1 is 1.29 bits per heavy atom. The summed E-state index contributed by atoms with van der Waals surface area (Å²) in [6.07, 6.45) is -6.13. The lowest BCUT2D eigenvalue weighted by Gasteiger charge is -2.32. The van der Waals surface area contributed by atoms with Crippen molar-refractivity contribution in [1.82, 2.24) is 4.98 Å². The zero-order chi connectivity index (χ0) is 25.6. The molecule has 2 N–H and O–H groups in total. The molecule has 1 saturated heterocycles. The van der Waals surface area contributed by atoms with Crippen molar-refractivity contribution in [2.75, 3.05) is 32.2 Å². The molecule has 0 spiro atoms. The SMILES string of the molecule is COc1c([C@H]2[C@H](c3cc(=O)c(N(C)CCO)c(C)[nH]3)O[C@@](C)(C(F)(F)F)[C@H]2C)ccc(F)c1F. The van der Waals surface area contributed by atoms with Crippen molar-refractivity contribution in [1.29, 1.82) is 0 Å². The number of aliphatic hydroxyl groups excluding tert-OH is 1. The Labute approximate surface area is 193 Å². The van der Waals surface area contributed by atoms with Gasteiger partial charge in [-0.25, -0.2) is 4.39 Å². The number of nitrogens with zero attached hydrogens (tertiary/aromatic N) is 1. The third kappa shape index (κ3) is 4.15. The summed E-state index contributed by atoms with van der Waals surface area (Å²) < 4.78 is 81.3. The van der Waals surface area contributed by atoms with E-state index in [1.807, 2.05) is 0 Å². The molecule has 0 bridgehead atoms. The summed E-state index contributed by atoms with van der Waals surface area (Å²) in [6, 6.07) is 3.13. The maximum atomic E-state index is 14.5. The maximum absolute atomic E-state index is 14.5. The quantitative estimate of drug-likeness (QED) is 0.594. The molecule has 0 aliphatic carbocycles. The van der Waals surface area contributed by atoms with E-state index in [0.29, 0.717) is 5.69 Å². The minimum Gasteiger partial charge on any atom is -0.493 e. The van der Waals surface area contributed by atoms with E-state index in [9.17, 15) is 31.9 Å². The first-order chi connectivity index (χ1) is 15.8. The number of anilines is 1. The van der Waals surface area contributed by atoms with E-state index >= 15 is 0 Å². The summed E-state index contributed by atoms with van der Waals surface area (Å²) in [4.78, 5) is 17.3. The van der Waals surface area contributed by atoms with Crippen LogP contribution in [0.4, 0.5) is 27.6 Å². The number of methoxy groups -OCH3 is 1. The number of alkyl halides is 3. The molecule has 0 amide bonds. The number of aryl methyl sites for hydroxylation is 1. The number of nitrogens with one attached hydrogen (secondary N) is 1. The number of benzene rings is 1. The molecule has 0 saturated carbocycles. The predicted octanol–water partition coefficient (Wildman–Crippen LogP) is 4.21. The molecule has 2 aromatic rings. The molecule has 34 heavy (non-hydrogen) atoms. The lowest BCUT2D eigenvalue weighted by atomic mass is 9.76. The molecule has 3 rings (SSSR count). The number of hydrogen-bond acceptors (Lipinski definition) is 5. The Hall–Kier alpha value is -2.66. The molecule has 188 valence electrons. The monoisotopic (exact) mass is 490 g/mol. The van der Waals surface area contributed by atoms with Crippen LogP contribution >= 0.6 is 0 Å². The van der Waals surface area contributed by atoms with E-state index in [-0.39, 0.29) is 30.1 Å². The molecule has 0 unspecified atom stereocenters. The van der Waals surface area contributed by atoms with Gasteiger partial charge in [-0.3, -0.25) is 4.79 Å². The van der Waals surface area contributed by atoms with E-state index < -0.39 is 52.5 Å². The lowest BCUT2D eigenvalue weighted by Crippen LogP contribution is -2.46. The van der Waals surface area contributed by atoms with Crippen molar-refractivity contribution in [3.8, 4) is 5.75 Å². The standard InChI is InChI=1S/C23H27F5N2O4/c1-11-17(13-6-7-14(24)18(25)20(13)33-5)21(34-22(11,3)23(26,27)28)15-10-16(32)19(12(2)29-15)30(4)8-9-31/h6-7,10-11,17,21,31H,8-9H2,1-5H3,(H,29,32)/t11-,17-,21-,22+/m0/s1. The van der Waals surface area contributed by atoms with Gasteiger partial charge in [0.25, 0.3) is 0 Å². The van der Waals surface area contributed by atoms with Gasteiger partial charge in [-0.1, -0.05) is 13.0 Å². The van der Waals surface area contributed by atoms with Crippen molar-refractivity contribution in [2.45, 2.75) is 44.6 Å². The van der Waals surface area contributed by atoms with Gasteiger partial charge in [0.2, 0.25) is 11.2 Å². The molecule has 1 aliphatic heterocycles. The number of aromatic nitrogens is 1. The Balaban J connectivity index is 2.22. The molecule has 2 heterocycles. The summed E-state index contributed by atoms with van der Waals surface area (Å²) in [5.74, 6) is -5.43. The zero-order valence-corrected chi connectivity index (χ0v) is 19.4. The zero-order valence-electron chi connectivity index (χ0n) is 19.4. The number of rotatable bonds is 6. The van der Waals surface area contributed by atoms with Gasteiger partial charge in [0.15, 0.2) is 17.2 Å². The van der Waals surface area contributed by atoms with Crippen LogP contribution in [-0.2, 0) is 4.74 Å². The average Bonchev–Trinajstić information content (AvgIpc) is 3.01. The molecule has 1 aromatic carbocycles. The second kappa shape index (κ2) is 9.18. The van der Waals surface area contributed by atoms with Gasteiger partial charge < -0.3 is 24.5 Å². The van der Waals surface area contributed by atoms with Crippen LogP contribution in [-0.4, -0.2) is 49.2 Å². The van der Waals surface area contributed by atoms with Gasteiger partial charge >= 0.3 is 6.18 Å². The van der Waals surface area contributed by atoms with Gasteiger partial charge in [0.1, 0.15) is 11.8 Å². The topological polar surface area (TPSA) is 74.8 Å². The second-order valence-electron chi connectivity index (χ2n) is 8.65. The van der Waals surface area contributed by atoms with E-state index in [0.717, 1.165) is 26.2 Å². The number of ether oxygens (including phenoxy) is 2. The van der Waals surface area contributed by atoms with Crippen molar-refractivity contribution in [3.05, 3.63) is 57.0 Å². The first-order valence-electron chi connectivity index (χ1n) is 10.6. The molecule has 1 aliphatic rings. The van der Waals surface area contributed by atoms with Crippen LogP contribution in [0.15, 0.2) is 23.0 Å². The van der Waals surface area contributed by atoms with Crippen molar-refractivity contribution >= 4 is 5.69 Å². The first-order valence-corrected chi connectivity index (χ1v) is 10.6. The van der Waals surface area contributed by atoms with E-state index in [1.54, 1.807) is 14.0 Å². The number of aromatic amines is 1. The summed E-state index contributed by atoms with van der Waals surface area (Å²) in [7, 11) is 2.69.